The van der Waals surface area contributed by atoms with E-state index in [0.717, 1.165) is 12.8 Å². The molecular formula is C13H16ClFN2O. The first-order valence-electron chi connectivity index (χ1n) is 6.04. The van der Waals surface area contributed by atoms with Crippen LogP contribution in [0.4, 0.5) is 4.39 Å². The van der Waals surface area contributed by atoms with Crippen molar-refractivity contribution in [1.82, 2.24) is 10.2 Å². The zero-order valence-corrected chi connectivity index (χ0v) is 11.0. The summed E-state index contributed by atoms with van der Waals surface area (Å²) in [4.78, 5) is 13.9. The molecule has 0 spiro atoms. The summed E-state index contributed by atoms with van der Waals surface area (Å²) in [7, 11) is 1.87. The zero-order valence-electron chi connectivity index (χ0n) is 10.2. The number of likely N-dealkylation sites (N-methyl/N-ethyl adjacent to an activating group) is 1. The average molecular weight is 271 g/mol. The molecule has 1 aromatic carbocycles. The van der Waals surface area contributed by atoms with E-state index in [-0.39, 0.29) is 22.5 Å². The van der Waals surface area contributed by atoms with Crippen molar-refractivity contribution in [3.63, 3.8) is 0 Å². The minimum absolute atomic E-state index is 0.0177. The van der Waals surface area contributed by atoms with Crippen LogP contribution >= 0.6 is 11.6 Å². The number of rotatable bonds is 2. The van der Waals surface area contributed by atoms with Crippen molar-refractivity contribution in [2.24, 2.45) is 0 Å². The third-order valence-electron chi connectivity index (χ3n) is 3.29. The van der Waals surface area contributed by atoms with Gasteiger partial charge in [0.1, 0.15) is 5.82 Å². The minimum atomic E-state index is -0.556. The molecule has 1 fully saturated rings. The highest BCUT2D eigenvalue weighted by molar-refractivity contribution is 6.33. The number of hydrogen-bond acceptors (Lipinski definition) is 2. The number of piperidine rings is 1. The second-order valence-electron chi connectivity index (χ2n) is 4.48. The van der Waals surface area contributed by atoms with Crippen LogP contribution in [0.1, 0.15) is 23.2 Å². The first-order valence-corrected chi connectivity index (χ1v) is 6.42. The summed E-state index contributed by atoms with van der Waals surface area (Å²) in [5.41, 5.74) is -0.0177. The molecule has 1 aliphatic heterocycles. The SMILES string of the molecule is CN[C@@H]1CCCN(C(=O)c2c(F)cccc2Cl)C1. The lowest BCUT2D eigenvalue weighted by molar-refractivity contribution is 0.0693. The number of amides is 1. The maximum absolute atomic E-state index is 13.7. The van der Waals surface area contributed by atoms with Crippen LogP contribution in [0.2, 0.25) is 5.02 Å². The molecule has 0 aromatic heterocycles. The molecule has 0 aliphatic carbocycles. The van der Waals surface area contributed by atoms with Crippen molar-refractivity contribution in [2.45, 2.75) is 18.9 Å². The van der Waals surface area contributed by atoms with E-state index in [1.54, 1.807) is 4.90 Å². The molecule has 1 aliphatic rings. The molecule has 5 heteroatoms. The highest BCUT2D eigenvalue weighted by Gasteiger charge is 2.26. The maximum Gasteiger partial charge on any atom is 0.258 e. The summed E-state index contributed by atoms with van der Waals surface area (Å²) in [5.74, 6) is -0.878. The van der Waals surface area contributed by atoms with Crippen LogP contribution in [0.25, 0.3) is 0 Å². The highest BCUT2D eigenvalue weighted by atomic mass is 35.5. The lowest BCUT2D eigenvalue weighted by Crippen LogP contribution is -2.47. The molecule has 1 amide bonds. The van der Waals surface area contributed by atoms with Crippen molar-refractivity contribution in [2.75, 3.05) is 20.1 Å². The van der Waals surface area contributed by atoms with Gasteiger partial charge in [-0.2, -0.15) is 0 Å². The molecule has 1 aromatic rings. The van der Waals surface area contributed by atoms with Gasteiger partial charge in [0.15, 0.2) is 0 Å². The summed E-state index contributed by atoms with van der Waals surface area (Å²) in [6.07, 6.45) is 1.95. The Bertz CT molecular complexity index is 432. The smallest absolute Gasteiger partial charge is 0.258 e. The Morgan fingerprint density at radius 2 is 2.33 bits per heavy atom. The average Bonchev–Trinajstić information content (AvgIpc) is 2.38. The van der Waals surface area contributed by atoms with Gasteiger partial charge in [-0.3, -0.25) is 4.79 Å². The fourth-order valence-electron chi connectivity index (χ4n) is 2.26. The monoisotopic (exact) mass is 270 g/mol. The lowest BCUT2D eigenvalue weighted by Gasteiger charge is -2.32. The van der Waals surface area contributed by atoms with Gasteiger partial charge in [0.2, 0.25) is 0 Å². The van der Waals surface area contributed by atoms with Crippen LogP contribution in [0.15, 0.2) is 18.2 Å². The van der Waals surface area contributed by atoms with Crippen molar-refractivity contribution in [3.05, 3.63) is 34.6 Å². The molecule has 18 heavy (non-hydrogen) atoms. The van der Waals surface area contributed by atoms with Gasteiger partial charge in [-0.05, 0) is 32.0 Å². The first kappa shape index (κ1) is 13.3. The molecule has 1 heterocycles. The number of benzene rings is 1. The molecule has 3 nitrogen and oxygen atoms in total. The molecule has 98 valence electrons. The second kappa shape index (κ2) is 5.67. The largest absolute Gasteiger partial charge is 0.337 e. The van der Waals surface area contributed by atoms with Crippen LogP contribution in [-0.4, -0.2) is 37.0 Å². The number of nitrogens with one attached hydrogen (secondary N) is 1. The molecule has 0 radical (unpaired) electrons. The molecule has 1 saturated heterocycles. The van der Waals surface area contributed by atoms with E-state index in [1.807, 2.05) is 7.05 Å². The van der Waals surface area contributed by atoms with Gasteiger partial charge < -0.3 is 10.2 Å². The van der Waals surface area contributed by atoms with Gasteiger partial charge in [-0.25, -0.2) is 4.39 Å². The summed E-state index contributed by atoms with van der Waals surface area (Å²) in [5, 5.41) is 3.32. The molecule has 0 bridgehead atoms. The fraction of sp³-hybridized carbons (Fsp3) is 0.462. The van der Waals surface area contributed by atoms with Gasteiger partial charge in [0.05, 0.1) is 10.6 Å². The standard InChI is InChI=1S/C13H16ClFN2O/c1-16-9-4-3-7-17(8-9)13(18)12-10(14)5-2-6-11(12)15/h2,5-6,9,16H,3-4,7-8H2,1H3/t9-/m1/s1. The van der Waals surface area contributed by atoms with Crippen LogP contribution in [-0.2, 0) is 0 Å². The Labute approximate surface area is 111 Å². The van der Waals surface area contributed by atoms with E-state index < -0.39 is 5.82 Å². The van der Waals surface area contributed by atoms with Gasteiger partial charge in [0.25, 0.3) is 5.91 Å². The number of carbonyl (C=O) groups excluding carboxylic acids is 1. The van der Waals surface area contributed by atoms with E-state index in [2.05, 4.69) is 5.32 Å². The van der Waals surface area contributed by atoms with Crippen LogP contribution < -0.4 is 5.32 Å². The number of nitrogens with zero attached hydrogens (tertiary/aromatic N) is 1. The van der Waals surface area contributed by atoms with Crippen molar-refractivity contribution in [3.8, 4) is 0 Å². The zero-order chi connectivity index (χ0) is 13.1. The third kappa shape index (κ3) is 2.65. The van der Waals surface area contributed by atoms with E-state index in [4.69, 9.17) is 11.6 Å². The van der Waals surface area contributed by atoms with Crippen LogP contribution in [0, 0.1) is 5.82 Å². The second-order valence-corrected chi connectivity index (χ2v) is 4.88. The Morgan fingerprint density at radius 3 is 3.00 bits per heavy atom. The molecule has 2 rings (SSSR count). The Morgan fingerprint density at radius 1 is 1.56 bits per heavy atom. The topological polar surface area (TPSA) is 32.3 Å². The third-order valence-corrected chi connectivity index (χ3v) is 3.61. The Balaban J connectivity index is 2.20. The van der Waals surface area contributed by atoms with Crippen molar-refractivity contribution < 1.29 is 9.18 Å². The van der Waals surface area contributed by atoms with Crippen LogP contribution in [0.3, 0.4) is 0 Å². The molecule has 1 N–H and O–H groups in total. The van der Waals surface area contributed by atoms with E-state index in [9.17, 15) is 9.18 Å². The molecule has 1 atom stereocenters. The lowest BCUT2D eigenvalue weighted by atomic mass is 10.0. The van der Waals surface area contributed by atoms with Gasteiger partial charge in [0, 0.05) is 19.1 Å². The number of halogens is 2. The summed E-state index contributed by atoms with van der Waals surface area (Å²) >= 11 is 5.91. The number of likely N-dealkylation sites (tertiary alicyclic amines) is 1. The summed E-state index contributed by atoms with van der Waals surface area (Å²) < 4.78 is 13.7. The normalized spacial score (nSPS) is 19.9. The predicted molar refractivity (Wildman–Crippen MR) is 69.4 cm³/mol. The number of carbonyl (C=O) groups is 1. The maximum atomic E-state index is 13.7. The van der Waals surface area contributed by atoms with Gasteiger partial charge >= 0.3 is 0 Å². The first-order chi connectivity index (χ1) is 8.63. The van der Waals surface area contributed by atoms with Gasteiger partial charge in [-0.1, -0.05) is 17.7 Å². The quantitative estimate of drug-likeness (QED) is 0.894. The number of hydrogen-bond donors (Lipinski definition) is 1. The Hall–Kier alpha value is -1.13. The fourth-order valence-corrected chi connectivity index (χ4v) is 2.50. The van der Waals surface area contributed by atoms with Crippen LogP contribution in [0.5, 0.6) is 0 Å². The van der Waals surface area contributed by atoms with E-state index in [0.29, 0.717) is 13.1 Å². The van der Waals surface area contributed by atoms with Crippen molar-refractivity contribution in [1.29, 1.82) is 0 Å². The molecule has 0 saturated carbocycles. The molecular weight excluding hydrogens is 255 g/mol. The minimum Gasteiger partial charge on any atom is -0.337 e. The molecule has 0 unspecified atom stereocenters. The summed E-state index contributed by atoms with van der Waals surface area (Å²) in [6, 6.07) is 4.57. The highest BCUT2D eigenvalue weighted by Crippen LogP contribution is 2.22. The predicted octanol–water partition coefficient (Wildman–Crippen LogP) is 2.30. The van der Waals surface area contributed by atoms with Crippen molar-refractivity contribution >= 4 is 17.5 Å². The summed E-state index contributed by atoms with van der Waals surface area (Å²) in [6.45, 7) is 1.25. The van der Waals surface area contributed by atoms with E-state index >= 15 is 0 Å². The van der Waals surface area contributed by atoms with E-state index in [1.165, 1.54) is 18.2 Å². The van der Waals surface area contributed by atoms with Gasteiger partial charge in [-0.15, -0.1) is 0 Å². The Kier molecular flexibility index (Phi) is 4.19.